The molecule has 4 heteroatoms. The molecule has 0 radical (unpaired) electrons. The van der Waals surface area contributed by atoms with E-state index >= 15 is 0 Å². The van der Waals surface area contributed by atoms with Gasteiger partial charge >= 0.3 is 0 Å². The Morgan fingerprint density at radius 1 is 1.20 bits per heavy atom. The summed E-state index contributed by atoms with van der Waals surface area (Å²) in [5.41, 5.74) is 7.21. The van der Waals surface area contributed by atoms with Crippen LogP contribution in [0.15, 0.2) is 18.2 Å². The van der Waals surface area contributed by atoms with E-state index in [2.05, 4.69) is 24.0 Å². The molecule has 2 heterocycles. The third kappa shape index (κ3) is 2.76. The monoisotopic (exact) mass is 276 g/mol. The van der Waals surface area contributed by atoms with E-state index in [9.17, 15) is 0 Å². The van der Waals surface area contributed by atoms with Gasteiger partial charge < -0.3 is 15.2 Å². The second-order valence-corrected chi connectivity index (χ2v) is 5.82. The first-order valence-electron chi connectivity index (χ1n) is 7.62. The van der Waals surface area contributed by atoms with Crippen LogP contribution >= 0.6 is 0 Å². The highest BCUT2D eigenvalue weighted by atomic mass is 16.6. The Balaban J connectivity index is 1.75. The molecule has 1 aromatic carbocycles. The fraction of sp³-hybridized carbons (Fsp3) is 0.625. The molecule has 1 saturated heterocycles. The highest BCUT2D eigenvalue weighted by molar-refractivity contribution is 5.43. The van der Waals surface area contributed by atoms with E-state index in [1.165, 1.54) is 24.8 Å². The second kappa shape index (κ2) is 6.02. The first-order valence-corrected chi connectivity index (χ1v) is 7.62. The van der Waals surface area contributed by atoms with Gasteiger partial charge in [-0.3, -0.25) is 4.90 Å². The number of nitrogens with two attached hydrogens (primary N) is 1. The summed E-state index contributed by atoms with van der Waals surface area (Å²) in [5, 5.41) is 0. The molecule has 0 spiro atoms. The van der Waals surface area contributed by atoms with Crippen molar-refractivity contribution in [2.24, 2.45) is 5.73 Å². The minimum Gasteiger partial charge on any atom is -0.486 e. The number of fused-ring (bicyclic) bond motifs is 1. The van der Waals surface area contributed by atoms with Gasteiger partial charge in [0, 0.05) is 25.2 Å². The molecule has 4 nitrogen and oxygen atoms in total. The minimum atomic E-state index is 0.506. The van der Waals surface area contributed by atoms with Crippen molar-refractivity contribution in [2.75, 3.05) is 19.8 Å². The topological polar surface area (TPSA) is 47.7 Å². The van der Waals surface area contributed by atoms with Crippen molar-refractivity contribution in [1.82, 2.24) is 4.90 Å². The molecule has 0 bridgehead atoms. The SMILES string of the molecule is CC1CCCC(CN)N1Cc1ccc2c(c1)OCCO2. The summed E-state index contributed by atoms with van der Waals surface area (Å²) in [6.07, 6.45) is 3.77. The molecule has 20 heavy (non-hydrogen) atoms. The Labute approximate surface area is 120 Å². The summed E-state index contributed by atoms with van der Waals surface area (Å²) in [6.45, 7) is 5.28. The summed E-state index contributed by atoms with van der Waals surface area (Å²) in [5.74, 6) is 1.74. The third-order valence-electron chi connectivity index (χ3n) is 4.44. The van der Waals surface area contributed by atoms with Gasteiger partial charge in [-0.25, -0.2) is 0 Å². The van der Waals surface area contributed by atoms with E-state index in [1.807, 2.05) is 6.07 Å². The van der Waals surface area contributed by atoms with Crippen molar-refractivity contribution < 1.29 is 9.47 Å². The van der Waals surface area contributed by atoms with Crippen LogP contribution in [0.2, 0.25) is 0 Å². The number of likely N-dealkylation sites (tertiary alicyclic amines) is 1. The summed E-state index contributed by atoms with van der Waals surface area (Å²) < 4.78 is 11.2. The zero-order valence-electron chi connectivity index (χ0n) is 12.2. The van der Waals surface area contributed by atoms with Gasteiger partial charge in [0.2, 0.25) is 0 Å². The van der Waals surface area contributed by atoms with Crippen LogP contribution in [0.25, 0.3) is 0 Å². The first-order chi connectivity index (χ1) is 9.78. The van der Waals surface area contributed by atoms with Gasteiger partial charge in [-0.15, -0.1) is 0 Å². The van der Waals surface area contributed by atoms with Crippen molar-refractivity contribution in [3.63, 3.8) is 0 Å². The lowest BCUT2D eigenvalue weighted by atomic mass is 9.95. The van der Waals surface area contributed by atoms with Crippen LogP contribution in [0, 0.1) is 0 Å². The molecule has 1 aromatic rings. The van der Waals surface area contributed by atoms with Gasteiger partial charge in [-0.05, 0) is 37.5 Å². The van der Waals surface area contributed by atoms with Gasteiger partial charge in [-0.1, -0.05) is 12.5 Å². The van der Waals surface area contributed by atoms with Gasteiger partial charge in [-0.2, -0.15) is 0 Å². The fourth-order valence-corrected chi connectivity index (χ4v) is 3.28. The van der Waals surface area contributed by atoms with Crippen molar-refractivity contribution in [1.29, 1.82) is 0 Å². The molecule has 2 N–H and O–H groups in total. The lowest BCUT2D eigenvalue weighted by Crippen LogP contribution is -2.48. The lowest BCUT2D eigenvalue weighted by molar-refractivity contribution is 0.0889. The normalized spacial score (nSPS) is 26.5. The van der Waals surface area contributed by atoms with Gasteiger partial charge in [0.1, 0.15) is 13.2 Å². The Hall–Kier alpha value is -1.26. The zero-order valence-corrected chi connectivity index (χ0v) is 12.2. The van der Waals surface area contributed by atoms with E-state index in [0.717, 1.165) is 24.6 Å². The number of ether oxygens (including phenoxy) is 2. The van der Waals surface area contributed by atoms with E-state index in [1.54, 1.807) is 0 Å². The van der Waals surface area contributed by atoms with Crippen LogP contribution in [0.3, 0.4) is 0 Å². The number of rotatable bonds is 3. The molecule has 110 valence electrons. The third-order valence-corrected chi connectivity index (χ3v) is 4.44. The molecule has 2 aliphatic heterocycles. The first kappa shape index (κ1) is 13.7. The average Bonchev–Trinajstić information content (AvgIpc) is 2.49. The van der Waals surface area contributed by atoms with E-state index < -0.39 is 0 Å². The van der Waals surface area contributed by atoms with Gasteiger partial charge in [0.25, 0.3) is 0 Å². The average molecular weight is 276 g/mol. The second-order valence-electron chi connectivity index (χ2n) is 5.82. The highest BCUT2D eigenvalue weighted by Crippen LogP contribution is 2.32. The van der Waals surface area contributed by atoms with Crippen molar-refractivity contribution >= 4 is 0 Å². The van der Waals surface area contributed by atoms with Crippen molar-refractivity contribution in [2.45, 2.75) is 44.8 Å². The molecular weight excluding hydrogens is 252 g/mol. The molecule has 0 saturated carbocycles. The lowest BCUT2D eigenvalue weighted by Gasteiger charge is -2.40. The Morgan fingerprint density at radius 3 is 2.80 bits per heavy atom. The molecule has 2 unspecified atom stereocenters. The van der Waals surface area contributed by atoms with Crippen LogP contribution in [0.5, 0.6) is 11.5 Å². The summed E-state index contributed by atoms with van der Waals surface area (Å²) in [7, 11) is 0. The van der Waals surface area contributed by atoms with Crippen LogP contribution in [-0.4, -0.2) is 36.7 Å². The zero-order chi connectivity index (χ0) is 13.9. The summed E-state index contributed by atoms with van der Waals surface area (Å²) >= 11 is 0. The van der Waals surface area contributed by atoms with Crippen LogP contribution < -0.4 is 15.2 Å². The summed E-state index contributed by atoms with van der Waals surface area (Å²) in [4.78, 5) is 2.54. The molecule has 3 rings (SSSR count). The number of hydrogen-bond acceptors (Lipinski definition) is 4. The molecule has 0 aromatic heterocycles. The quantitative estimate of drug-likeness (QED) is 0.919. The fourth-order valence-electron chi connectivity index (χ4n) is 3.28. The number of benzene rings is 1. The molecule has 2 aliphatic rings. The Morgan fingerprint density at radius 2 is 2.00 bits per heavy atom. The van der Waals surface area contributed by atoms with Gasteiger partial charge in [0.05, 0.1) is 0 Å². The number of hydrogen-bond donors (Lipinski definition) is 1. The van der Waals surface area contributed by atoms with E-state index in [-0.39, 0.29) is 0 Å². The van der Waals surface area contributed by atoms with E-state index in [4.69, 9.17) is 15.2 Å². The summed E-state index contributed by atoms with van der Waals surface area (Å²) in [6, 6.07) is 7.39. The van der Waals surface area contributed by atoms with Crippen LogP contribution in [0.1, 0.15) is 31.7 Å². The molecular formula is C16H24N2O2. The minimum absolute atomic E-state index is 0.506. The van der Waals surface area contributed by atoms with Crippen LogP contribution in [-0.2, 0) is 6.54 Å². The highest BCUT2D eigenvalue weighted by Gasteiger charge is 2.27. The van der Waals surface area contributed by atoms with Gasteiger partial charge in [0.15, 0.2) is 11.5 Å². The van der Waals surface area contributed by atoms with Crippen LogP contribution in [0.4, 0.5) is 0 Å². The van der Waals surface area contributed by atoms with E-state index in [0.29, 0.717) is 25.3 Å². The maximum atomic E-state index is 5.93. The van der Waals surface area contributed by atoms with Crippen molar-refractivity contribution in [3.8, 4) is 11.5 Å². The maximum Gasteiger partial charge on any atom is 0.161 e. The van der Waals surface area contributed by atoms with Crippen molar-refractivity contribution in [3.05, 3.63) is 23.8 Å². The maximum absolute atomic E-state index is 5.93. The molecule has 1 fully saturated rings. The molecule has 0 amide bonds. The predicted octanol–water partition coefficient (Wildman–Crippen LogP) is 2.16. The number of piperidine rings is 1. The number of nitrogens with zero attached hydrogens (tertiary/aromatic N) is 1. The molecule has 0 aliphatic carbocycles. The molecule has 2 atom stereocenters. The predicted molar refractivity (Wildman–Crippen MR) is 79.1 cm³/mol. The largest absolute Gasteiger partial charge is 0.486 e. The standard InChI is InChI=1S/C16H24N2O2/c1-12-3-2-4-14(10-17)18(12)11-13-5-6-15-16(9-13)20-8-7-19-15/h5-6,9,12,14H,2-4,7-8,10-11,17H2,1H3. The Bertz CT molecular complexity index is 464. The Kier molecular flexibility index (Phi) is 4.13. The smallest absolute Gasteiger partial charge is 0.161 e.